The molecule has 1 aromatic heterocycles. The van der Waals surface area contributed by atoms with Crippen molar-refractivity contribution < 1.29 is 4.92 Å². The molecule has 2 aromatic rings. The van der Waals surface area contributed by atoms with Gasteiger partial charge >= 0.3 is 5.69 Å². The highest BCUT2D eigenvalue weighted by molar-refractivity contribution is 5.60. The van der Waals surface area contributed by atoms with E-state index in [2.05, 4.69) is 39.5 Å². The molecule has 6 nitrogen and oxygen atoms in total. The zero-order chi connectivity index (χ0) is 16.1. The molecular weight excluding hydrogens is 292 g/mol. The highest BCUT2D eigenvalue weighted by atomic mass is 16.6. The molecule has 0 unspecified atom stereocenters. The highest BCUT2D eigenvalue weighted by Gasteiger charge is 2.22. The largest absolute Gasteiger partial charge is 0.377 e. The standard InChI is InChI=1S/C17H20N4O2/c22-21(23)17-12-18-9-6-16(17)19-15-7-10-20(11-8-15)13-14-4-2-1-3-5-14/h1-6,9,12,15H,7-8,10-11,13H2,(H,18,19). The molecule has 23 heavy (non-hydrogen) atoms. The number of anilines is 1. The fourth-order valence-electron chi connectivity index (χ4n) is 2.95. The van der Waals surface area contributed by atoms with Gasteiger partial charge in [0.1, 0.15) is 11.9 Å². The molecule has 0 radical (unpaired) electrons. The van der Waals surface area contributed by atoms with Crippen LogP contribution < -0.4 is 5.32 Å². The maximum Gasteiger partial charge on any atom is 0.310 e. The summed E-state index contributed by atoms with van der Waals surface area (Å²) in [7, 11) is 0. The van der Waals surface area contributed by atoms with E-state index in [1.807, 2.05) is 6.07 Å². The molecule has 0 saturated carbocycles. The highest BCUT2D eigenvalue weighted by Crippen LogP contribution is 2.25. The van der Waals surface area contributed by atoms with Crippen molar-refractivity contribution in [2.24, 2.45) is 0 Å². The summed E-state index contributed by atoms with van der Waals surface area (Å²) in [6.07, 6.45) is 4.84. The Balaban J connectivity index is 1.54. The average Bonchev–Trinajstić information content (AvgIpc) is 2.58. The number of aromatic nitrogens is 1. The van der Waals surface area contributed by atoms with Crippen LogP contribution in [0.15, 0.2) is 48.8 Å². The molecule has 1 aliphatic rings. The normalized spacial score (nSPS) is 16.2. The van der Waals surface area contributed by atoms with E-state index in [1.54, 1.807) is 12.3 Å². The molecule has 3 rings (SSSR count). The fourth-order valence-corrected chi connectivity index (χ4v) is 2.95. The van der Waals surface area contributed by atoms with E-state index >= 15 is 0 Å². The fraction of sp³-hybridized carbons (Fsp3) is 0.353. The summed E-state index contributed by atoms with van der Waals surface area (Å²) in [6.45, 7) is 2.94. The first-order valence-corrected chi connectivity index (χ1v) is 7.83. The van der Waals surface area contributed by atoms with E-state index < -0.39 is 0 Å². The maximum atomic E-state index is 11.0. The second-order valence-corrected chi connectivity index (χ2v) is 5.83. The van der Waals surface area contributed by atoms with Gasteiger partial charge in [-0.05, 0) is 24.5 Å². The van der Waals surface area contributed by atoms with E-state index in [9.17, 15) is 10.1 Å². The Labute approximate surface area is 135 Å². The molecule has 0 aliphatic carbocycles. The van der Waals surface area contributed by atoms with Crippen molar-refractivity contribution >= 4 is 11.4 Å². The molecule has 1 N–H and O–H groups in total. The van der Waals surface area contributed by atoms with E-state index in [0.29, 0.717) is 5.69 Å². The van der Waals surface area contributed by atoms with Gasteiger partial charge in [0.15, 0.2) is 0 Å². The van der Waals surface area contributed by atoms with Crippen LogP contribution in [-0.4, -0.2) is 33.9 Å². The third kappa shape index (κ3) is 4.04. The number of piperidine rings is 1. The lowest BCUT2D eigenvalue weighted by atomic mass is 10.0. The van der Waals surface area contributed by atoms with Gasteiger partial charge in [-0.3, -0.25) is 20.0 Å². The van der Waals surface area contributed by atoms with Crippen LogP contribution in [0, 0.1) is 10.1 Å². The third-order valence-electron chi connectivity index (χ3n) is 4.19. The number of benzene rings is 1. The molecule has 1 fully saturated rings. The number of hydrogen-bond donors (Lipinski definition) is 1. The van der Waals surface area contributed by atoms with Crippen LogP contribution in [0.25, 0.3) is 0 Å². The van der Waals surface area contributed by atoms with Crippen molar-refractivity contribution in [3.63, 3.8) is 0 Å². The quantitative estimate of drug-likeness (QED) is 0.678. The number of nitro groups is 1. The Morgan fingerprint density at radius 3 is 2.65 bits per heavy atom. The first-order valence-electron chi connectivity index (χ1n) is 7.83. The second kappa shape index (κ2) is 7.19. The Kier molecular flexibility index (Phi) is 4.83. The predicted molar refractivity (Wildman–Crippen MR) is 89.3 cm³/mol. The van der Waals surface area contributed by atoms with Gasteiger partial charge in [0.05, 0.1) is 4.92 Å². The summed E-state index contributed by atoms with van der Waals surface area (Å²) in [5, 5.41) is 14.3. The van der Waals surface area contributed by atoms with Crippen molar-refractivity contribution in [2.45, 2.75) is 25.4 Å². The van der Waals surface area contributed by atoms with Crippen LogP contribution in [0.2, 0.25) is 0 Å². The van der Waals surface area contributed by atoms with Crippen molar-refractivity contribution in [3.05, 3.63) is 64.5 Å². The molecule has 0 atom stereocenters. The molecule has 1 saturated heterocycles. The lowest BCUT2D eigenvalue weighted by Crippen LogP contribution is -2.38. The third-order valence-corrected chi connectivity index (χ3v) is 4.19. The minimum atomic E-state index is -0.389. The van der Waals surface area contributed by atoms with Crippen LogP contribution in [0.4, 0.5) is 11.4 Å². The number of pyridine rings is 1. The summed E-state index contributed by atoms with van der Waals surface area (Å²) in [6, 6.07) is 12.4. The number of hydrogen-bond acceptors (Lipinski definition) is 5. The van der Waals surface area contributed by atoms with E-state index in [0.717, 1.165) is 32.5 Å². The van der Waals surface area contributed by atoms with E-state index in [-0.39, 0.29) is 16.7 Å². The van der Waals surface area contributed by atoms with Gasteiger partial charge in [-0.2, -0.15) is 0 Å². The van der Waals surface area contributed by atoms with Crippen LogP contribution in [-0.2, 0) is 6.54 Å². The zero-order valence-corrected chi connectivity index (χ0v) is 12.9. The Morgan fingerprint density at radius 2 is 1.96 bits per heavy atom. The number of likely N-dealkylation sites (tertiary alicyclic amines) is 1. The first-order chi connectivity index (χ1) is 11.2. The van der Waals surface area contributed by atoms with E-state index in [4.69, 9.17) is 0 Å². The van der Waals surface area contributed by atoms with Crippen molar-refractivity contribution in [1.82, 2.24) is 9.88 Å². The molecule has 120 valence electrons. The van der Waals surface area contributed by atoms with Crippen LogP contribution in [0.1, 0.15) is 18.4 Å². The predicted octanol–water partition coefficient (Wildman–Crippen LogP) is 3.07. The molecular formula is C17H20N4O2. The van der Waals surface area contributed by atoms with Gasteiger partial charge in [0.25, 0.3) is 0 Å². The zero-order valence-electron chi connectivity index (χ0n) is 12.9. The van der Waals surface area contributed by atoms with Crippen LogP contribution in [0.5, 0.6) is 0 Å². The summed E-state index contributed by atoms with van der Waals surface area (Å²) in [4.78, 5) is 16.9. The van der Waals surface area contributed by atoms with Crippen LogP contribution in [0.3, 0.4) is 0 Å². The lowest BCUT2D eigenvalue weighted by molar-refractivity contribution is -0.384. The molecule has 2 heterocycles. The second-order valence-electron chi connectivity index (χ2n) is 5.83. The lowest BCUT2D eigenvalue weighted by Gasteiger charge is -2.32. The summed E-state index contributed by atoms with van der Waals surface area (Å²) in [5.74, 6) is 0. The Bertz CT molecular complexity index is 655. The SMILES string of the molecule is O=[N+]([O-])c1cnccc1NC1CCN(Cc2ccccc2)CC1. The summed E-state index contributed by atoms with van der Waals surface area (Å²) < 4.78 is 0. The van der Waals surface area contributed by atoms with Crippen molar-refractivity contribution in [2.75, 3.05) is 18.4 Å². The Hall–Kier alpha value is -2.47. The smallest absolute Gasteiger partial charge is 0.310 e. The topological polar surface area (TPSA) is 71.3 Å². The van der Waals surface area contributed by atoms with Crippen LogP contribution >= 0.6 is 0 Å². The summed E-state index contributed by atoms with van der Waals surface area (Å²) >= 11 is 0. The average molecular weight is 312 g/mol. The van der Waals surface area contributed by atoms with Crippen molar-refractivity contribution in [1.29, 1.82) is 0 Å². The Morgan fingerprint density at radius 1 is 1.22 bits per heavy atom. The van der Waals surface area contributed by atoms with Gasteiger partial charge in [-0.25, -0.2) is 0 Å². The van der Waals surface area contributed by atoms with Crippen molar-refractivity contribution in [3.8, 4) is 0 Å². The van der Waals surface area contributed by atoms with Gasteiger partial charge in [0, 0.05) is 31.9 Å². The number of rotatable bonds is 5. The summed E-state index contributed by atoms with van der Waals surface area (Å²) in [5.41, 5.74) is 1.93. The van der Waals surface area contributed by atoms with Gasteiger partial charge in [-0.1, -0.05) is 30.3 Å². The minimum absolute atomic E-state index is 0.0409. The molecule has 1 aliphatic heterocycles. The minimum Gasteiger partial charge on any atom is -0.377 e. The van der Waals surface area contributed by atoms with E-state index in [1.165, 1.54) is 11.8 Å². The van der Waals surface area contributed by atoms with Gasteiger partial charge in [0.2, 0.25) is 0 Å². The van der Waals surface area contributed by atoms with Gasteiger partial charge in [-0.15, -0.1) is 0 Å². The monoisotopic (exact) mass is 312 g/mol. The number of nitrogens with one attached hydrogen (secondary N) is 1. The maximum absolute atomic E-state index is 11.0. The molecule has 0 spiro atoms. The first kappa shape index (κ1) is 15.4. The molecule has 0 bridgehead atoms. The molecule has 1 aromatic carbocycles. The molecule has 0 amide bonds. The number of nitrogens with zero attached hydrogens (tertiary/aromatic N) is 3. The molecule has 6 heteroatoms. The van der Waals surface area contributed by atoms with Gasteiger partial charge < -0.3 is 5.32 Å².